The Hall–Kier alpha value is -2.14. The summed E-state index contributed by atoms with van der Waals surface area (Å²) >= 11 is 0. The van der Waals surface area contributed by atoms with E-state index >= 15 is 0 Å². The van der Waals surface area contributed by atoms with Crippen molar-refractivity contribution in [3.05, 3.63) is 35.5 Å². The maximum absolute atomic E-state index is 13.4. The van der Waals surface area contributed by atoms with Gasteiger partial charge in [0.05, 0.1) is 17.6 Å². The van der Waals surface area contributed by atoms with Gasteiger partial charge in [0.1, 0.15) is 11.5 Å². The average molecular weight is 363 g/mol. The molecular weight excluding hydrogens is 349 g/mol. The first-order valence-corrected chi connectivity index (χ1v) is 9.60. The zero-order chi connectivity index (χ0) is 17.4. The van der Waals surface area contributed by atoms with Gasteiger partial charge in [0, 0.05) is 6.07 Å². The fraction of sp³-hybridized carbons (Fsp3) is 0.250. The first kappa shape index (κ1) is 17.2. The molecule has 0 bridgehead atoms. The van der Waals surface area contributed by atoms with Crippen molar-refractivity contribution in [3.8, 4) is 0 Å². The minimum Gasteiger partial charge on any atom is -0.360 e. The predicted octanol–water partition coefficient (Wildman–Crippen LogP) is 1.60. The van der Waals surface area contributed by atoms with E-state index in [1.807, 2.05) is 0 Å². The van der Waals surface area contributed by atoms with Gasteiger partial charge in [-0.1, -0.05) is 5.16 Å². The van der Waals surface area contributed by atoms with E-state index in [9.17, 15) is 21.2 Å². The van der Waals surface area contributed by atoms with Gasteiger partial charge in [-0.05, 0) is 26.0 Å². The fourth-order valence-corrected chi connectivity index (χ4v) is 3.92. The number of benzene rings is 1. The molecule has 2 N–H and O–H groups in total. The van der Waals surface area contributed by atoms with Crippen LogP contribution in [0.4, 0.5) is 15.8 Å². The van der Waals surface area contributed by atoms with Crippen LogP contribution in [0.1, 0.15) is 11.5 Å². The average Bonchev–Trinajstić information content (AvgIpc) is 2.71. The third-order valence-electron chi connectivity index (χ3n) is 2.76. The number of sulfonamides is 2. The molecule has 0 aliphatic heterocycles. The Bertz CT molecular complexity index is 932. The molecule has 0 unspecified atom stereocenters. The molecular formula is C12H14FN3O5S2. The highest BCUT2D eigenvalue weighted by molar-refractivity contribution is 7.93. The number of aryl methyl sites for hydroxylation is 2. The van der Waals surface area contributed by atoms with Crippen molar-refractivity contribution in [2.75, 3.05) is 15.7 Å². The highest BCUT2D eigenvalue weighted by atomic mass is 32.2. The molecule has 23 heavy (non-hydrogen) atoms. The number of nitrogens with one attached hydrogen (secondary N) is 2. The monoisotopic (exact) mass is 363 g/mol. The maximum atomic E-state index is 13.4. The van der Waals surface area contributed by atoms with Crippen LogP contribution in [0, 0.1) is 19.7 Å². The molecule has 0 aliphatic carbocycles. The van der Waals surface area contributed by atoms with Crippen LogP contribution < -0.4 is 9.44 Å². The van der Waals surface area contributed by atoms with Gasteiger partial charge in [0.2, 0.25) is 10.0 Å². The van der Waals surface area contributed by atoms with Crippen LogP contribution in [0.5, 0.6) is 0 Å². The van der Waals surface area contributed by atoms with Crippen LogP contribution in [-0.2, 0) is 20.0 Å². The van der Waals surface area contributed by atoms with E-state index in [1.165, 1.54) is 13.8 Å². The lowest BCUT2D eigenvalue weighted by molar-refractivity contribution is 0.390. The van der Waals surface area contributed by atoms with Crippen molar-refractivity contribution in [2.45, 2.75) is 18.7 Å². The van der Waals surface area contributed by atoms with Gasteiger partial charge in [-0.25, -0.2) is 21.2 Å². The Morgan fingerprint density at radius 3 is 2.26 bits per heavy atom. The molecule has 2 rings (SSSR count). The summed E-state index contributed by atoms with van der Waals surface area (Å²) in [6, 6.07) is 2.98. The maximum Gasteiger partial charge on any atom is 0.267 e. The van der Waals surface area contributed by atoms with E-state index in [1.54, 1.807) is 0 Å². The molecule has 0 radical (unpaired) electrons. The Balaban J connectivity index is 2.49. The molecule has 1 heterocycles. The van der Waals surface area contributed by atoms with Gasteiger partial charge >= 0.3 is 0 Å². The summed E-state index contributed by atoms with van der Waals surface area (Å²) in [6.07, 6.45) is 0.892. The standard InChI is InChI=1S/C12H14FN3O5S2/c1-7-12(8(2)21-14-7)23(19,20)16-11-6-9(13)4-5-10(11)15-22(3,17)18/h4-6,15-16H,1-3H3. The molecule has 0 atom stereocenters. The van der Waals surface area contributed by atoms with Gasteiger partial charge in [0.25, 0.3) is 10.0 Å². The molecule has 2 aromatic rings. The third kappa shape index (κ3) is 3.99. The van der Waals surface area contributed by atoms with Crippen LogP contribution in [0.25, 0.3) is 0 Å². The van der Waals surface area contributed by atoms with E-state index in [4.69, 9.17) is 4.52 Å². The van der Waals surface area contributed by atoms with Crippen LogP contribution in [0.3, 0.4) is 0 Å². The first-order chi connectivity index (χ1) is 10.5. The molecule has 11 heteroatoms. The number of anilines is 2. The third-order valence-corrected chi connectivity index (χ3v) is 4.96. The number of hydrogen-bond acceptors (Lipinski definition) is 6. The topological polar surface area (TPSA) is 118 Å². The molecule has 0 aliphatic rings. The Morgan fingerprint density at radius 2 is 1.74 bits per heavy atom. The summed E-state index contributed by atoms with van der Waals surface area (Å²) in [7, 11) is -7.81. The van der Waals surface area contributed by atoms with Crippen molar-refractivity contribution in [3.63, 3.8) is 0 Å². The van der Waals surface area contributed by atoms with Gasteiger partial charge in [-0.15, -0.1) is 0 Å². The van der Waals surface area contributed by atoms with E-state index in [-0.39, 0.29) is 27.7 Å². The number of nitrogens with zero attached hydrogens (tertiary/aromatic N) is 1. The van der Waals surface area contributed by atoms with Crippen LogP contribution in [0.15, 0.2) is 27.6 Å². The van der Waals surface area contributed by atoms with Crippen molar-refractivity contribution in [1.82, 2.24) is 5.16 Å². The molecule has 126 valence electrons. The first-order valence-electron chi connectivity index (χ1n) is 6.22. The van der Waals surface area contributed by atoms with Gasteiger partial charge in [-0.3, -0.25) is 9.44 Å². The smallest absolute Gasteiger partial charge is 0.267 e. The molecule has 1 aromatic heterocycles. The van der Waals surface area contributed by atoms with Crippen molar-refractivity contribution >= 4 is 31.4 Å². The number of aromatic nitrogens is 1. The largest absolute Gasteiger partial charge is 0.360 e. The lowest BCUT2D eigenvalue weighted by atomic mass is 10.3. The summed E-state index contributed by atoms with van der Waals surface area (Å²) in [5, 5.41) is 3.54. The summed E-state index contributed by atoms with van der Waals surface area (Å²) in [5.74, 6) is -0.676. The summed E-state index contributed by atoms with van der Waals surface area (Å²) in [6.45, 7) is 2.85. The molecule has 0 spiro atoms. The Morgan fingerprint density at radius 1 is 1.09 bits per heavy atom. The molecule has 0 amide bonds. The second-order valence-corrected chi connectivity index (χ2v) is 8.19. The van der Waals surface area contributed by atoms with Crippen LogP contribution in [-0.4, -0.2) is 28.2 Å². The lowest BCUT2D eigenvalue weighted by Gasteiger charge is -2.13. The Kier molecular flexibility index (Phi) is 4.35. The quantitative estimate of drug-likeness (QED) is 0.833. The highest BCUT2D eigenvalue weighted by Crippen LogP contribution is 2.28. The highest BCUT2D eigenvalue weighted by Gasteiger charge is 2.25. The SMILES string of the molecule is Cc1noc(C)c1S(=O)(=O)Nc1cc(F)ccc1NS(C)(=O)=O. The van der Waals surface area contributed by atoms with Gasteiger partial charge in [0.15, 0.2) is 10.7 Å². The van der Waals surface area contributed by atoms with Gasteiger partial charge in [-0.2, -0.15) is 0 Å². The van der Waals surface area contributed by atoms with Crippen LogP contribution in [0.2, 0.25) is 0 Å². The van der Waals surface area contributed by atoms with E-state index in [0.717, 1.165) is 24.5 Å². The van der Waals surface area contributed by atoms with Crippen LogP contribution >= 0.6 is 0 Å². The number of rotatable bonds is 5. The fourth-order valence-electron chi connectivity index (χ4n) is 1.94. The van der Waals surface area contributed by atoms with E-state index in [2.05, 4.69) is 14.6 Å². The number of halogens is 1. The summed E-state index contributed by atoms with van der Waals surface area (Å²) in [5.41, 5.74) is -0.233. The van der Waals surface area contributed by atoms with Crippen molar-refractivity contribution < 1.29 is 25.7 Å². The van der Waals surface area contributed by atoms with Crippen molar-refractivity contribution in [1.29, 1.82) is 0 Å². The summed E-state index contributed by atoms with van der Waals surface area (Å²) in [4.78, 5) is -0.188. The molecule has 8 nitrogen and oxygen atoms in total. The van der Waals surface area contributed by atoms with Crippen molar-refractivity contribution in [2.24, 2.45) is 0 Å². The van der Waals surface area contributed by atoms with E-state index in [0.29, 0.717) is 0 Å². The second-order valence-electron chi connectivity index (χ2n) is 4.82. The number of hydrogen-bond donors (Lipinski definition) is 2. The predicted molar refractivity (Wildman–Crippen MR) is 81.7 cm³/mol. The molecule has 0 saturated heterocycles. The summed E-state index contributed by atoms with van der Waals surface area (Å²) < 4.78 is 70.0. The lowest BCUT2D eigenvalue weighted by Crippen LogP contribution is -2.17. The minimum atomic E-state index is -4.13. The van der Waals surface area contributed by atoms with E-state index < -0.39 is 25.9 Å². The normalized spacial score (nSPS) is 12.2. The zero-order valence-electron chi connectivity index (χ0n) is 12.4. The van der Waals surface area contributed by atoms with Gasteiger partial charge < -0.3 is 4.52 Å². The second kappa shape index (κ2) is 5.81. The molecule has 0 saturated carbocycles. The minimum absolute atomic E-state index is 0.0593. The zero-order valence-corrected chi connectivity index (χ0v) is 14.0. The molecule has 1 aromatic carbocycles. The Labute approximate surface area is 132 Å². The molecule has 0 fully saturated rings.